The Morgan fingerprint density at radius 2 is 1.63 bits per heavy atom. The second-order valence-electron chi connectivity index (χ2n) is 7.73. The van der Waals surface area contributed by atoms with Gasteiger partial charge in [-0.2, -0.15) is 0 Å². The van der Waals surface area contributed by atoms with E-state index in [9.17, 15) is 14.7 Å². The van der Waals surface area contributed by atoms with Crippen LogP contribution in [0.4, 0.5) is 4.79 Å². The van der Waals surface area contributed by atoms with Crippen LogP contribution in [0.5, 0.6) is 0 Å². The quantitative estimate of drug-likeness (QED) is 0.905. The maximum Gasteiger partial charge on any atom is 0.409 e. The summed E-state index contributed by atoms with van der Waals surface area (Å²) in [6, 6.07) is 16.5. The van der Waals surface area contributed by atoms with Crippen LogP contribution in [0, 0.1) is 17.8 Å². The number of ether oxygens (including phenoxy) is 1. The number of piperidine rings is 1. The fourth-order valence-electron chi connectivity index (χ4n) is 4.96. The zero-order valence-electron chi connectivity index (χ0n) is 14.9. The molecule has 5 nitrogen and oxygen atoms in total. The number of nitrogens with zero attached hydrogens (tertiary/aromatic N) is 1. The average molecular weight is 363 g/mol. The first-order chi connectivity index (χ1) is 13.1. The topological polar surface area (TPSA) is 66.8 Å². The third-order valence-electron chi connectivity index (χ3n) is 6.37. The number of carbonyl (C=O) groups excluding carboxylic acids is 1. The predicted octanol–water partition coefficient (Wildman–Crippen LogP) is 3.59. The van der Waals surface area contributed by atoms with E-state index in [2.05, 4.69) is 24.3 Å². The standard InChI is InChI=1S/C22H21NO4/c24-21(25)20-17-9-10-23(11-18(17)20)22(26)27-12-19-15-7-3-1-5-13(15)14-6-2-4-8-16(14)19/h1-8,17-20H,9-12H2,(H,24,25)/t17-,18+,20-/m1/s1. The first-order valence-electron chi connectivity index (χ1n) is 9.48. The van der Waals surface area contributed by atoms with Gasteiger partial charge in [0, 0.05) is 19.0 Å². The van der Waals surface area contributed by atoms with Gasteiger partial charge in [-0.05, 0) is 40.5 Å². The van der Waals surface area contributed by atoms with Crippen molar-refractivity contribution >= 4 is 12.1 Å². The molecule has 1 heterocycles. The molecule has 3 atom stereocenters. The van der Waals surface area contributed by atoms with E-state index in [4.69, 9.17) is 4.74 Å². The van der Waals surface area contributed by atoms with Crippen LogP contribution >= 0.6 is 0 Å². The summed E-state index contributed by atoms with van der Waals surface area (Å²) in [5, 5.41) is 9.21. The third-order valence-corrected chi connectivity index (χ3v) is 6.37. The first-order valence-corrected chi connectivity index (χ1v) is 9.48. The van der Waals surface area contributed by atoms with Crippen LogP contribution in [0.3, 0.4) is 0 Å². The second-order valence-corrected chi connectivity index (χ2v) is 7.73. The predicted molar refractivity (Wildman–Crippen MR) is 99.4 cm³/mol. The van der Waals surface area contributed by atoms with E-state index in [-0.39, 0.29) is 29.8 Å². The number of hydrogen-bond donors (Lipinski definition) is 1. The van der Waals surface area contributed by atoms with E-state index in [1.165, 1.54) is 22.3 Å². The van der Waals surface area contributed by atoms with Crippen molar-refractivity contribution in [2.24, 2.45) is 17.8 Å². The third kappa shape index (κ3) is 2.60. The van der Waals surface area contributed by atoms with E-state index in [0.29, 0.717) is 19.7 Å². The lowest BCUT2D eigenvalue weighted by atomic mass is 9.98. The minimum Gasteiger partial charge on any atom is -0.481 e. The lowest BCUT2D eigenvalue weighted by Crippen LogP contribution is -2.38. The molecular weight excluding hydrogens is 342 g/mol. The molecule has 1 saturated heterocycles. The van der Waals surface area contributed by atoms with Crippen molar-refractivity contribution in [3.63, 3.8) is 0 Å². The van der Waals surface area contributed by atoms with E-state index in [1.807, 2.05) is 24.3 Å². The van der Waals surface area contributed by atoms with Crippen molar-refractivity contribution in [2.45, 2.75) is 12.3 Å². The number of carboxylic acid groups (broad SMARTS) is 1. The molecule has 1 N–H and O–H groups in total. The lowest BCUT2D eigenvalue weighted by Gasteiger charge is -2.26. The summed E-state index contributed by atoms with van der Waals surface area (Å²) in [7, 11) is 0. The van der Waals surface area contributed by atoms with Crippen molar-refractivity contribution in [3.8, 4) is 11.1 Å². The molecular formula is C22H21NO4. The average Bonchev–Trinajstić information content (AvgIpc) is 3.34. The Morgan fingerprint density at radius 1 is 1.00 bits per heavy atom. The molecule has 0 aromatic heterocycles. The van der Waals surface area contributed by atoms with Crippen LogP contribution in [0.25, 0.3) is 11.1 Å². The van der Waals surface area contributed by atoms with Crippen LogP contribution in [0.15, 0.2) is 48.5 Å². The molecule has 1 amide bonds. The molecule has 5 heteroatoms. The largest absolute Gasteiger partial charge is 0.481 e. The fourth-order valence-corrected chi connectivity index (χ4v) is 4.96. The van der Waals surface area contributed by atoms with E-state index in [0.717, 1.165) is 6.42 Å². The van der Waals surface area contributed by atoms with Gasteiger partial charge in [-0.25, -0.2) is 4.79 Å². The summed E-state index contributed by atoms with van der Waals surface area (Å²) >= 11 is 0. The van der Waals surface area contributed by atoms with Gasteiger partial charge < -0.3 is 14.7 Å². The molecule has 27 heavy (non-hydrogen) atoms. The maximum atomic E-state index is 12.6. The summed E-state index contributed by atoms with van der Waals surface area (Å²) in [5.41, 5.74) is 4.80. The minimum absolute atomic E-state index is 0.0478. The summed E-state index contributed by atoms with van der Waals surface area (Å²) in [6.45, 7) is 1.39. The zero-order valence-corrected chi connectivity index (χ0v) is 14.9. The van der Waals surface area contributed by atoms with Gasteiger partial charge in [0.15, 0.2) is 0 Å². The number of aliphatic carboxylic acids is 1. The van der Waals surface area contributed by atoms with Crippen molar-refractivity contribution < 1.29 is 19.4 Å². The minimum atomic E-state index is -0.737. The number of carboxylic acids is 1. The maximum absolute atomic E-state index is 12.6. The van der Waals surface area contributed by atoms with Gasteiger partial charge in [0.1, 0.15) is 6.61 Å². The van der Waals surface area contributed by atoms with Crippen molar-refractivity contribution in [1.29, 1.82) is 0 Å². The van der Waals surface area contributed by atoms with E-state index in [1.54, 1.807) is 4.90 Å². The Balaban J connectivity index is 1.28. The molecule has 2 aliphatic carbocycles. The molecule has 0 unspecified atom stereocenters. The Morgan fingerprint density at radius 3 is 2.26 bits per heavy atom. The molecule has 2 aromatic rings. The highest BCUT2D eigenvalue weighted by atomic mass is 16.6. The molecule has 1 saturated carbocycles. The number of benzene rings is 2. The monoisotopic (exact) mass is 363 g/mol. The SMILES string of the molecule is O=C(O)[C@@H]1[C@@H]2CCN(C(=O)OCC3c4ccccc4-c4ccccc43)C[C@@H]21. The molecule has 0 bridgehead atoms. The van der Waals surface area contributed by atoms with Crippen LogP contribution < -0.4 is 0 Å². The van der Waals surface area contributed by atoms with Crippen LogP contribution in [0.1, 0.15) is 23.5 Å². The molecule has 2 aromatic carbocycles. The summed E-state index contributed by atoms with van der Waals surface area (Å²) in [5.74, 6) is -0.640. The fraction of sp³-hybridized carbons (Fsp3) is 0.364. The summed E-state index contributed by atoms with van der Waals surface area (Å²) < 4.78 is 5.68. The number of likely N-dealkylation sites (tertiary alicyclic amines) is 1. The highest BCUT2D eigenvalue weighted by Gasteiger charge is 2.57. The summed E-state index contributed by atoms with van der Waals surface area (Å²) in [4.78, 5) is 25.5. The highest BCUT2D eigenvalue weighted by Crippen LogP contribution is 2.51. The van der Waals surface area contributed by atoms with Gasteiger partial charge in [0.25, 0.3) is 0 Å². The second kappa shape index (κ2) is 6.12. The zero-order chi connectivity index (χ0) is 18.5. The molecule has 1 aliphatic heterocycles. The first kappa shape index (κ1) is 16.4. The molecule has 0 spiro atoms. The Hall–Kier alpha value is -2.82. The van der Waals surface area contributed by atoms with Gasteiger partial charge >= 0.3 is 12.1 Å². The lowest BCUT2D eigenvalue weighted by molar-refractivity contribution is -0.139. The Kier molecular flexibility index (Phi) is 3.71. The van der Waals surface area contributed by atoms with Crippen molar-refractivity contribution in [2.75, 3.05) is 19.7 Å². The van der Waals surface area contributed by atoms with E-state index < -0.39 is 5.97 Å². The molecule has 2 fully saturated rings. The molecule has 5 rings (SSSR count). The van der Waals surface area contributed by atoms with Gasteiger partial charge in [0.2, 0.25) is 0 Å². The number of carbonyl (C=O) groups is 2. The van der Waals surface area contributed by atoms with Crippen LogP contribution in [0.2, 0.25) is 0 Å². The number of fused-ring (bicyclic) bond motifs is 4. The van der Waals surface area contributed by atoms with Gasteiger partial charge in [-0.1, -0.05) is 48.5 Å². The van der Waals surface area contributed by atoms with Gasteiger partial charge in [-0.3, -0.25) is 4.79 Å². The highest BCUT2D eigenvalue weighted by molar-refractivity contribution is 5.79. The van der Waals surface area contributed by atoms with Gasteiger partial charge in [0.05, 0.1) is 5.92 Å². The molecule has 138 valence electrons. The van der Waals surface area contributed by atoms with Crippen molar-refractivity contribution in [1.82, 2.24) is 4.90 Å². The molecule has 0 radical (unpaired) electrons. The number of rotatable bonds is 3. The number of amides is 1. The summed E-state index contributed by atoms with van der Waals surface area (Å²) in [6.07, 6.45) is 0.428. The Labute approximate surface area is 157 Å². The normalized spacial score (nSPS) is 25.3. The number of hydrogen-bond acceptors (Lipinski definition) is 3. The van der Waals surface area contributed by atoms with Crippen molar-refractivity contribution in [3.05, 3.63) is 59.7 Å². The van der Waals surface area contributed by atoms with Crippen LogP contribution in [-0.4, -0.2) is 41.8 Å². The Bertz CT molecular complexity index is 879. The van der Waals surface area contributed by atoms with Gasteiger partial charge in [-0.15, -0.1) is 0 Å². The smallest absolute Gasteiger partial charge is 0.409 e. The van der Waals surface area contributed by atoms with Crippen LogP contribution in [-0.2, 0) is 9.53 Å². The van der Waals surface area contributed by atoms with E-state index >= 15 is 0 Å². The molecule has 3 aliphatic rings.